The van der Waals surface area contributed by atoms with Gasteiger partial charge < -0.3 is 0 Å². The molecule has 1 aromatic rings. The molecule has 1 aromatic heterocycles. The Balaban J connectivity index is 3.01. The highest BCUT2D eigenvalue weighted by Gasteiger charge is 1.93. The average molecular weight is 183 g/mol. The van der Waals surface area contributed by atoms with Gasteiger partial charge in [-0.25, -0.2) is 0 Å². The van der Waals surface area contributed by atoms with Crippen LogP contribution in [0.5, 0.6) is 0 Å². The molecule has 0 saturated heterocycles. The summed E-state index contributed by atoms with van der Waals surface area (Å²) in [6, 6.07) is 3.73. The number of pyridine rings is 1. The predicted octanol–water partition coefficient (Wildman–Crippen LogP) is 2.29. The molecule has 0 radical (unpaired) electrons. The van der Waals surface area contributed by atoms with Gasteiger partial charge in [-0.3, -0.25) is 0 Å². The number of nitrogens with zero attached hydrogens (tertiary/aromatic N) is 1. The highest BCUT2D eigenvalue weighted by atomic mass is 79.9. The van der Waals surface area contributed by atoms with Crippen molar-refractivity contribution >= 4 is 22.0 Å². The van der Waals surface area contributed by atoms with E-state index in [1.165, 1.54) is 6.08 Å². The largest absolute Gasteiger partial charge is 0.206 e. The van der Waals surface area contributed by atoms with Gasteiger partial charge in [-0.05, 0) is 22.0 Å². The third-order valence-corrected chi connectivity index (χ3v) is 1.39. The SMILES string of the molecule is [CH+]=Cc1ccc(Br)cn1. The zero-order chi connectivity index (χ0) is 6.69. The summed E-state index contributed by atoms with van der Waals surface area (Å²) >= 11 is 3.26. The van der Waals surface area contributed by atoms with E-state index in [0.29, 0.717) is 0 Å². The maximum atomic E-state index is 5.20. The van der Waals surface area contributed by atoms with Gasteiger partial charge in [-0.15, -0.1) is 0 Å². The fraction of sp³-hybridized carbons (Fsp3) is 0. The van der Waals surface area contributed by atoms with E-state index in [1.807, 2.05) is 12.1 Å². The van der Waals surface area contributed by atoms with Crippen molar-refractivity contribution in [2.24, 2.45) is 0 Å². The molecule has 0 atom stereocenters. The van der Waals surface area contributed by atoms with Crippen LogP contribution < -0.4 is 0 Å². The molecule has 0 unspecified atom stereocenters. The number of aromatic nitrogens is 1. The molecule has 0 aliphatic heterocycles. The summed E-state index contributed by atoms with van der Waals surface area (Å²) in [6.45, 7) is 5.20. The molecule has 1 nitrogen and oxygen atoms in total. The fourth-order valence-corrected chi connectivity index (χ4v) is 0.720. The van der Waals surface area contributed by atoms with Gasteiger partial charge in [0.2, 0.25) is 5.69 Å². The number of hydrogen-bond donors (Lipinski definition) is 0. The molecular formula is C7H5BrN+. The first-order valence-electron chi connectivity index (χ1n) is 2.49. The van der Waals surface area contributed by atoms with Crippen LogP contribution in [-0.4, -0.2) is 4.98 Å². The third kappa shape index (κ3) is 1.60. The van der Waals surface area contributed by atoms with Gasteiger partial charge >= 0.3 is 0 Å². The Morgan fingerprint density at radius 3 is 2.78 bits per heavy atom. The molecule has 9 heavy (non-hydrogen) atoms. The summed E-state index contributed by atoms with van der Waals surface area (Å²) in [5.41, 5.74) is 0.790. The number of hydrogen-bond acceptors (Lipinski definition) is 1. The molecule has 1 heterocycles. The molecule has 0 bridgehead atoms. The second kappa shape index (κ2) is 2.72. The molecule has 0 saturated carbocycles. The molecule has 44 valence electrons. The van der Waals surface area contributed by atoms with Crippen LogP contribution in [0.15, 0.2) is 22.8 Å². The minimum Gasteiger partial charge on any atom is -0.159 e. The van der Waals surface area contributed by atoms with Crippen molar-refractivity contribution in [3.63, 3.8) is 0 Å². The van der Waals surface area contributed by atoms with Crippen LogP contribution in [0.3, 0.4) is 0 Å². The Morgan fingerprint density at radius 1 is 1.56 bits per heavy atom. The zero-order valence-corrected chi connectivity index (χ0v) is 6.30. The van der Waals surface area contributed by atoms with Crippen molar-refractivity contribution in [3.05, 3.63) is 35.1 Å². The second-order valence-electron chi connectivity index (χ2n) is 1.57. The Kier molecular flexibility index (Phi) is 1.93. The molecule has 0 aromatic carbocycles. The van der Waals surface area contributed by atoms with Gasteiger partial charge in [-0.2, -0.15) is 4.98 Å². The Hall–Kier alpha value is -0.720. The van der Waals surface area contributed by atoms with Gasteiger partial charge in [0.15, 0.2) is 6.08 Å². The van der Waals surface area contributed by atoms with Crippen molar-refractivity contribution in [1.29, 1.82) is 0 Å². The first kappa shape index (κ1) is 6.40. The summed E-state index contributed by atoms with van der Waals surface area (Å²) in [5.74, 6) is 0. The summed E-state index contributed by atoms with van der Waals surface area (Å²) in [7, 11) is 0. The zero-order valence-electron chi connectivity index (χ0n) is 4.71. The van der Waals surface area contributed by atoms with E-state index in [9.17, 15) is 0 Å². The molecule has 2 heteroatoms. The number of halogens is 1. The topological polar surface area (TPSA) is 12.9 Å². The Labute approximate surface area is 62.6 Å². The van der Waals surface area contributed by atoms with E-state index in [4.69, 9.17) is 6.58 Å². The maximum absolute atomic E-state index is 5.20. The monoisotopic (exact) mass is 182 g/mol. The summed E-state index contributed by atoms with van der Waals surface area (Å²) in [6.07, 6.45) is 3.17. The van der Waals surface area contributed by atoms with Crippen molar-refractivity contribution in [2.75, 3.05) is 0 Å². The van der Waals surface area contributed by atoms with Crippen LogP contribution in [-0.2, 0) is 0 Å². The smallest absolute Gasteiger partial charge is 0.159 e. The van der Waals surface area contributed by atoms with E-state index < -0.39 is 0 Å². The van der Waals surface area contributed by atoms with E-state index in [0.717, 1.165) is 10.2 Å². The predicted molar refractivity (Wildman–Crippen MR) is 40.7 cm³/mol. The molecule has 0 aliphatic carbocycles. The lowest BCUT2D eigenvalue weighted by molar-refractivity contribution is 1.28. The van der Waals surface area contributed by atoms with Crippen LogP contribution in [0.25, 0.3) is 6.08 Å². The lowest BCUT2D eigenvalue weighted by Crippen LogP contribution is -1.76. The summed E-state index contributed by atoms with van der Waals surface area (Å²) in [5, 5.41) is 0. The Morgan fingerprint density at radius 2 is 2.33 bits per heavy atom. The van der Waals surface area contributed by atoms with Crippen molar-refractivity contribution in [2.45, 2.75) is 0 Å². The van der Waals surface area contributed by atoms with Gasteiger partial charge in [0.1, 0.15) is 0 Å². The Bertz CT molecular complexity index is 203. The highest BCUT2D eigenvalue weighted by Crippen LogP contribution is 2.07. The minimum absolute atomic E-state index is 0.790. The van der Waals surface area contributed by atoms with E-state index in [2.05, 4.69) is 20.9 Å². The van der Waals surface area contributed by atoms with Crippen molar-refractivity contribution in [1.82, 2.24) is 4.98 Å². The third-order valence-electron chi connectivity index (χ3n) is 0.921. The minimum atomic E-state index is 0.790. The van der Waals surface area contributed by atoms with Crippen molar-refractivity contribution < 1.29 is 0 Å². The molecule has 0 spiro atoms. The van der Waals surface area contributed by atoms with Crippen LogP contribution in [0.1, 0.15) is 5.69 Å². The van der Waals surface area contributed by atoms with Crippen LogP contribution in [0.4, 0.5) is 0 Å². The highest BCUT2D eigenvalue weighted by molar-refractivity contribution is 9.10. The molecule has 0 N–H and O–H groups in total. The molecular weight excluding hydrogens is 178 g/mol. The van der Waals surface area contributed by atoms with Crippen LogP contribution in [0.2, 0.25) is 0 Å². The molecule has 0 fully saturated rings. The van der Waals surface area contributed by atoms with Gasteiger partial charge in [0, 0.05) is 4.47 Å². The van der Waals surface area contributed by atoms with Crippen LogP contribution >= 0.6 is 15.9 Å². The molecule has 0 aliphatic rings. The maximum Gasteiger partial charge on any atom is 0.206 e. The quantitative estimate of drug-likeness (QED) is 0.608. The van der Waals surface area contributed by atoms with Gasteiger partial charge in [0.25, 0.3) is 0 Å². The fourth-order valence-electron chi connectivity index (χ4n) is 0.486. The normalized spacial score (nSPS) is 8.89. The first-order valence-corrected chi connectivity index (χ1v) is 3.29. The van der Waals surface area contributed by atoms with Gasteiger partial charge in [0.05, 0.1) is 18.8 Å². The lowest BCUT2D eigenvalue weighted by Gasteiger charge is -1.81. The van der Waals surface area contributed by atoms with E-state index in [1.54, 1.807) is 6.20 Å². The first-order chi connectivity index (χ1) is 4.33. The van der Waals surface area contributed by atoms with Gasteiger partial charge in [-0.1, -0.05) is 0 Å². The standard InChI is InChI=1S/C7H5BrN/c1-2-7-4-3-6(8)5-9-7/h1-5H/q+1. The van der Waals surface area contributed by atoms with E-state index in [-0.39, 0.29) is 0 Å². The lowest BCUT2D eigenvalue weighted by atomic mass is 10.3. The second-order valence-corrected chi connectivity index (χ2v) is 2.48. The van der Waals surface area contributed by atoms with E-state index >= 15 is 0 Å². The molecule has 0 amide bonds. The number of rotatable bonds is 1. The molecule has 1 rings (SSSR count). The van der Waals surface area contributed by atoms with Crippen molar-refractivity contribution in [3.8, 4) is 0 Å². The summed E-state index contributed by atoms with van der Waals surface area (Å²) < 4.78 is 0.966. The summed E-state index contributed by atoms with van der Waals surface area (Å²) in [4.78, 5) is 3.97. The van der Waals surface area contributed by atoms with Crippen LogP contribution in [0, 0.1) is 6.58 Å². The average Bonchev–Trinajstić information content (AvgIpc) is 1.90.